The molecular formula is C15H15FN2O2. The fraction of sp³-hybridized carbons (Fsp3) is 0.133. The Morgan fingerprint density at radius 3 is 2.70 bits per heavy atom. The number of hydrogen-bond acceptors (Lipinski definition) is 3. The lowest BCUT2D eigenvalue weighted by Gasteiger charge is -2.09. The van der Waals surface area contributed by atoms with Crippen LogP contribution in [0, 0.1) is 11.2 Å². The zero-order valence-corrected chi connectivity index (χ0v) is 10.8. The van der Waals surface area contributed by atoms with Gasteiger partial charge in [-0.1, -0.05) is 24.3 Å². The zero-order chi connectivity index (χ0) is 14.5. The van der Waals surface area contributed by atoms with Crippen LogP contribution in [0.3, 0.4) is 0 Å². The summed E-state index contributed by atoms with van der Waals surface area (Å²) >= 11 is 0. The van der Waals surface area contributed by atoms with Crippen LogP contribution in [0.15, 0.2) is 42.5 Å². The first-order chi connectivity index (χ1) is 9.60. The summed E-state index contributed by atoms with van der Waals surface area (Å²) < 4.78 is 19.3. The van der Waals surface area contributed by atoms with Crippen LogP contribution in [0.5, 0.6) is 5.75 Å². The van der Waals surface area contributed by atoms with Crippen molar-refractivity contribution in [2.45, 2.75) is 13.2 Å². The summed E-state index contributed by atoms with van der Waals surface area (Å²) in [6.45, 7) is -0.00221. The normalized spacial score (nSPS) is 10.3. The van der Waals surface area contributed by atoms with Crippen LogP contribution in [-0.4, -0.2) is 10.9 Å². The third kappa shape index (κ3) is 3.33. The minimum Gasteiger partial charge on any atom is -0.489 e. The number of benzene rings is 2. The predicted octanol–water partition coefficient (Wildman–Crippen LogP) is 2.18. The Balaban J connectivity index is 2.08. The predicted molar refractivity (Wildman–Crippen MR) is 74.1 cm³/mol. The molecule has 0 aliphatic rings. The number of nitrogens with one attached hydrogen (secondary N) is 1. The maximum absolute atomic E-state index is 13.8. The summed E-state index contributed by atoms with van der Waals surface area (Å²) in [6, 6.07) is 11.3. The van der Waals surface area contributed by atoms with Crippen molar-refractivity contribution in [2.75, 3.05) is 0 Å². The molecule has 0 saturated heterocycles. The Hall–Kier alpha value is -2.40. The van der Waals surface area contributed by atoms with Crippen molar-refractivity contribution < 1.29 is 14.2 Å². The van der Waals surface area contributed by atoms with Gasteiger partial charge in [-0.3, -0.25) is 5.41 Å². The van der Waals surface area contributed by atoms with Gasteiger partial charge in [0.2, 0.25) is 0 Å². The summed E-state index contributed by atoms with van der Waals surface area (Å²) in [6.07, 6.45) is 0. The second-order valence-corrected chi connectivity index (χ2v) is 4.31. The van der Waals surface area contributed by atoms with Crippen LogP contribution >= 0.6 is 0 Å². The van der Waals surface area contributed by atoms with Crippen molar-refractivity contribution >= 4 is 5.84 Å². The van der Waals surface area contributed by atoms with Crippen LogP contribution < -0.4 is 10.5 Å². The largest absolute Gasteiger partial charge is 0.489 e. The lowest BCUT2D eigenvalue weighted by atomic mass is 10.1. The number of amidine groups is 1. The van der Waals surface area contributed by atoms with E-state index in [2.05, 4.69) is 0 Å². The van der Waals surface area contributed by atoms with Crippen LogP contribution in [0.25, 0.3) is 0 Å². The molecule has 0 heterocycles. The fourth-order valence-electron chi connectivity index (χ4n) is 1.73. The topological polar surface area (TPSA) is 79.3 Å². The molecule has 0 aromatic heterocycles. The Kier molecular flexibility index (Phi) is 4.32. The van der Waals surface area contributed by atoms with E-state index in [1.165, 1.54) is 6.07 Å². The average Bonchev–Trinajstić information content (AvgIpc) is 2.46. The van der Waals surface area contributed by atoms with Crippen molar-refractivity contribution in [2.24, 2.45) is 5.73 Å². The molecule has 2 aromatic carbocycles. The van der Waals surface area contributed by atoms with E-state index in [1.807, 2.05) is 0 Å². The second kappa shape index (κ2) is 6.16. The van der Waals surface area contributed by atoms with Gasteiger partial charge in [0, 0.05) is 11.1 Å². The number of nitrogen functional groups attached to an aromatic ring is 1. The highest BCUT2D eigenvalue weighted by atomic mass is 19.1. The van der Waals surface area contributed by atoms with Crippen molar-refractivity contribution in [3.8, 4) is 5.75 Å². The van der Waals surface area contributed by atoms with E-state index in [0.717, 1.165) is 5.56 Å². The fourth-order valence-corrected chi connectivity index (χ4v) is 1.73. The molecule has 104 valence electrons. The number of halogens is 1. The smallest absolute Gasteiger partial charge is 0.130 e. The molecule has 2 aromatic rings. The molecule has 0 atom stereocenters. The Labute approximate surface area is 116 Å². The standard InChI is InChI=1S/C15H15FN2O2/c16-14-7-11(15(17)18)4-5-12(14)9-20-13-3-1-2-10(6-13)8-19/h1-7,19H,8-9H2,(H3,17,18). The summed E-state index contributed by atoms with van der Waals surface area (Å²) in [5.41, 5.74) is 6.74. The van der Waals surface area contributed by atoms with Gasteiger partial charge >= 0.3 is 0 Å². The van der Waals surface area contributed by atoms with E-state index in [0.29, 0.717) is 16.9 Å². The molecule has 20 heavy (non-hydrogen) atoms. The molecule has 4 N–H and O–H groups in total. The molecule has 0 spiro atoms. The average molecular weight is 274 g/mol. The Morgan fingerprint density at radius 1 is 1.25 bits per heavy atom. The number of nitrogens with two attached hydrogens (primary N) is 1. The second-order valence-electron chi connectivity index (χ2n) is 4.31. The van der Waals surface area contributed by atoms with Gasteiger partial charge in [0.05, 0.1) is 6.61 Å². The first-order valence-corrected chi connectivity index (χ1v) is 6.05. The quantitative estimate of drug-likeness (QED) is 0.577. The minimum absolute atomic E-state index is 0.0684. The van der Waals surface area contributed by atoms with Crippen LogP contribution in [0.4, 0.5) is 4.39 Å². The molecular weight excluding hydrogens is 259 g/mol. The van der Waals surface area contributed by atoms with E-state index < -0.39 is 5.82 Å². The van der Waals surface area contributed by atoms with Crippen molar-refractivity contribution in [3.05, 3.63) is 65.0 Å². The highest BCUT2D eigenvalue weighted by Crippen LogP contribution is 2.17. The number of aliphatic hydroxyl groups is 1. The van der Waals surface area contributed by atoms with Gasteiger partial charge < -0.3 is 15.6 Å². The van der Waals surface area contributed by atoms with Gasteiger partial charge in [0.1, 0.15) is 24.0 Å². The van der Waals surface area contributed by atoms with Gasteiger partial charge in [-0.05, 0) is 23.8 Å². The summed E-state index contributed by atoms with van der Waals surface area (Å²) in [7, 11) is 0. The van der Waals surface area contributed by atoms with Gasteiger partial charge in [0.25, 0.3) is 0 Å². The van der Waals surface area contributed by atoms with Gasteiger partial charge in [-0.2, -0.15) is 0 Å². The third-order valence-corrected chi connectivity index (χ3v) is 2.84. The van der Waals surface area contributed by atoms with E-state index in [9.17, 15) is 4.39 Å². The number of rotatable bonds is 5. The molecule has 4 nitrogen and oxygen atoms in total. The van der Waals surface area contributed by atoms with Crippen LogP contribution in [0.1, 0.15) is 16.7 Å². The van der Waals surface area contributed by atoms with Crippen molar-refractivity contribution in [1.29, 1.82) is 5.41 Å². The first kappa shape index (κ1) is 14.0. The Bertz CT molecular complexity index is 629. The first-order valence-electron chi connectivity index (χ1n) is 6.05. The molecule has 0 saturated carbocycles. The molecule has 0 aliphatic heterocycles. The number of aliphatic hydroxyl groups excluding tert-OH is 1. The van der Waals surface area contributed by atoms with E-state index in [-0.39, 0.29) is 19.0 Å². The van der Waals surface area contributed by atoms with Gasteiger partial charge in [-0.15, -0.1) is 0 Å². The number of hydrogen-bond donors (Lipinski definition) is 3. The molecule has 0 amide bonds. The lowest BCUT2D eigenvalue weighted by Crippen LogP contribution is -2.12. The van der Waals surface area contributed by atoms with Crippen molar-refractivity contribution in [1.82, 2.24) is 0 Å². The monoisotopic (exact) mass is 274 g/mol. The third-order valence-electron chi connectivity index (χ3n) is 2.84. The molecule has 0 aliphatic carbocycles. The molecule has 0 bridgehead atoms. The summed E-state index contributed by atoms with van der Waals surface area (Å²) in [5, 5.41) is 16.3. The maximum atomic E-state index is 13.8. The molecule has 2 rings (SSSR count). The highest BCUT2D eigenvalue weighted by molar-refractivity contribution is 5.94. The van der Waals surface area contributed by atoms with E-state index >= 15 is 0 Å². The van der Waals surface area contributed by atoms with E-state index in [4.69, 9.17) is 21.0 Å². The van der Waals surface area contributed by atoms with Crippen molar-refractivity contribution in [3.63, 3.8) is 0 Å². The molecule has 0 fully saturated rings. The van der Waals surface area contributed by atoms with Gasteiger partial charge in [0.15, 0.2) is 0 Å². The summed E-state index contributed by atoms with van der Waals surface area (Å²) in [5.74, 6) is -0.0744. The SMILES string of the molecule is N=C(N)c1ccc(COc2cccc(CO)c2)c(F)c1. The van der Waals surface area contributed by atoms with Crippen LogP contribution in [0.2, 0.25) is 0 Å². The molecule has 0 unspecified atom stereocenters. The molecule has 0 radical (unpaired) electrons. The van der Waals surface area contributed by atoms with Crippen LogP contribution in [-0.2, 0) is 13.2 Å². The summed E-state index contributed by atoms with van der Waals surface area (Å²) in [4.78, 5) is 0. The highest BCUT2D eigenvalue weighted by Gasteiger charge is 2.06. The number of ether oxygens (including phenoxy) is 1. The maximum Gasteiger partial charge on any atom is 0.130 e. The lowest BCUT2D eigenvalue weighted by molar-refractivity contribution is 0.277. The molecule has 5 heteroatoms. The minimum atomic E-state index is -0.462. The van der Waals surface area contributed by atoms with Gasteiger partial charge in [-0.25, -0.2) is 4.39 Å². The zero-order valence-electron chi connectivity index (χ0n) is 10.8. The Morgan fingerprint density at radius 2 is 2.05 bits per heavy atom. The van der Waals surface area contributed by atoms with E-state index in [1.54, 1.807) is 36.4 Å².